The van der Waals surface area contributed by atoms with Crippen LogP contribution in [0.3, 0.4) is 0 Å². The minimum Gasteiger partial charge on any atom is -0.466 e. The molecule has 1 rings (SSSR count). The third kappa shape index (κ3) is 6.89. The van der Waals surface area contributed by atoms with E-state index in [1.165, 1.54) is 7.11 Å². The highest BCUT2D eigenvalue weighted by Gasteiger charge is 2.22. The first-order valence-electron chi connectivity index (χ1n) is 6.84. The molecule has 2 atom stereocenters. The molecule has 1 aromatic rings. The van der Waals surface area contributed by atoms with Gasteiger partial charge in [0, 0.05) is 7.11 Å². The van der Waals surface area contributed by atoms with Gasteiger partial charge in [-0.3, -0.25) is 9.59 Å². The van der Waals surface area contributed by atoms with E-state index < -0.39 is 12.1 Å². The molecule has 0 aliphatic heterocycles. The minimum atomic E-state index is -0.775. The lowest BCUT2D eigenvalue weighted by Crippen LogP contribution is -2.45. The number of hydrogen-bond acceptors (Lipinski definition) is 5. The first-order chi connectivity index (χ1) is 10.1. The van der Waals surface area contributed by atoms with Gasteiger partial charge in [0.15, 0.2) is 0 Å². The third-order valence-electron chi connectivity index (χ3n) is 2.88. The Morgan fingerprint density at radius 1 is 1.27 bits per heavy atom. The van der Waals surface area contributed by atoms with Gasteiger partial charge in [0.1, 0.15) is 6.04 Å². The van der Waals surface area contributed by atoms with E-state index in [0.717, 1.165) is 5.56 Å². The van der Waals surface area contributed by atoms with Crippen LogP contribution in [-0.4, -0.2) is 38.2 Å². The van der Waals surface area contributed by atoms with Crippen LogP contribution in [0.4, 0.5) is 0 Å². The Balaban J connectivity index is 0.00000441. The number of nitrogens with two attached hydrogens (primary N) is 1. The van der Waals surface area contributed by atoms with Crippen LogP contribution in [0.2, 0.25) is 0 Å². The van der Waals surface area contributed by atoms with Crippen molar-refractivity contribution >= 4 is 24.3 Å². The molecule has 1 amide bonds. The second-order valence-electron chi connectivity index (χ2n) is 4.54. The number of esters is 1. The molecule has 7 heteroatoms. The van der Waals surface area contributed by atoms with Gasteiger partial charge in [-0.1, -0.05) is 30.3 Å². The summed E-state index contributed by atoms with van der Waals surface area (Å²) < 4.78 is 9.79. The van der Waals surface area contributed by atoms with Gasteiger partial charge in [-0.15, -0.1) is 12.4 Å². The summed E-state index contributed by atoms with van der Waals surface area (Å²) >= 11 is 0. The van der Waals surface area contributed by atoms with E-state index in [1.807, 2.05) is 30.3 Å². The van der Waals surface area contributed by atoms with Crippen LogP contribution in [-0.2, 0) is 19.1 Å². The maximum atomic E-state index is 12.0. The molecule has 6 nitrogen and oxygen atoms in total. The highest BCUT2D eigenvalue weighted by Crippen LogP contribution is 2.17. The number of carbonyl (C=O) groups excluding carboxylic acids is 2. The molecule has 0 saturated heterocycles. The summed E-state index contributed by atoms with van der Waals surface area (Å²) in [6.45, 7) is 2.16. The standard InChI is InChI=1S/C15H22N2O4.ClH/c1-3-21-14(18)9-13(11-7-5-4-6-8-11)17-15(19)12(16)10-20-2;/h4-8,12-13H,3,9-10,16H2,1-2H3,(H,17,19);1H. The monoisotopic (exact) mass is 330 g/mol. The van der Waals surface area contributed by atoms with Crippen molar-refractivity contribution in [2.45, 2.75) is 25.4 Å². The van der Waals surface area contributed by atoms with E-state index in [2.05, 4.69) is 5.32 Å². The van der Waals surface area contributed by atoms with E-state index in [1.54, 1.807) is 6.92 Å². The highest BCUT2D eigenvalue weighted by atomic mass is 35.5. The summed E-state index contributed by atoms with van der Waals surface area (Å²) in [4.78, 5) is 23.7. The van der Waals surface area contributed by atoms with Gasteiger partial charge < -0.3 is 20.5 Å². The van der Waals surface area contributed by atoms with Gasteiger partial charge in [-0.05, 0) is 12.5 Å². The zero-order valence-corrected chi connectivity index (χ0v) is 13.6. The summed E-state index contributed by atoms with van der Waals surface area (Å²) in [5, 5.41) is 2.76. The molecule has 0 saturated carbocycles. The smallest absolute Gasteiger partial charge is 0.308 e. The van der Waals surface area contributed by atoms with Crippen LogP contribution in [0.1, 0.15) is 24.9 Å². The van der Waals surface area contributed by atoms with E-state index in [0.29, 0.717) is 6.61 Å². The number of nitrogens with one attached hydrogen (secondary N) is 1. The van der Waals surface area contributed by atoms with Crippen LogP contribution < -0.4 is 11.1 Å². The normalized spacial score (nSPS) is 12.7. The fourth-order valence-electron chi connectivity index (χ4n) is 1.86. The number of amides is 1. The number of methoxy groups -OCH3 is 1. The Morgan fingerprint density at radius 2 is 1.91 bits per heavy atom. The first-order valence-corrected chi connectivity index (χ1v) is 6.84. The summed E-state index contributed by atoms with van der Waals surface area (Å²) in [6.07, 6.45) is 0.0588. The van der Waals surface area contributed by atoms with Crippen molar-refractivity contribution in [3.63, 3.8) is 0 Å². The van der Waals surface area contributed by atoms with Crippen LogP contribution in [0.15, 0.2) is 30.3 Å². The first kappa shape index (κ1) is 20.4. The summed E-state index contributed by atoms with van der Waals surface area (Å²) in [5.41, 5.74) is 6.51. The van der Waals surface area contributed by atoms with Crippen LogP contribution >= 0.6 is 12.4 Å². The van der Waals surface area contributed by atoms with Gasteiger partial charge in [-0.2, -0.15) is 0 Å². The SMILES string of the molecule is CCOC(=O)CC(NC(=O)C(N)COC)c1ccccc1.Cl. The molecule has 0 aromatic heterocycles. The van der Waals surface area contributed by atoms with Crippen molar-refractivity contribution in [2.24, 2.45) is 5.73 Å². The summed E-state index contributed by atoms with van der Waals surface area (Å²) in [6, 6.07) is 7.98. The molecule has 0 fully saturated rings. The largest absolute Gasteiger partial charge is 0.466 e. The molecule has 124 valence electrons. The van der Waals surface area contributed by atoms with E-state index in [9.17, 15) is 9.59 Å². The van der Waals surface area contributed by atoms with Crippen molar-refractivity contribution in [1.29, 1.82) is 0 Å². The van der Waals surface area contributed by atoms with E-state index in [-0.39, 0.29) is 37.3 Å². The molecule has 0 heterocycles. The van der Waals surface area contributed by atoms with Crippen LogP contribution in [0.25, 0.3) is 0 Å². The lowest BCUT2D eigenvalue weighted by atomic mass is 10.0. The van der Waals surface area contributed by atoms with Crippen molar-refractivity contribution < 1.29 is 19.1 Å². The van der Waals surface area contributed by atoms with E-state index >= 15 is 0 Å². The lowest BCUT2D eigenvalue weighted by Gasteiger charge is -2.20. The number of rotatable bonds is 8. The molecule has 0 aliphatic rings. The van der Waals surface area contributed by atoms with Crippen LogP contribution in [0.5, 0.6) is 0 Å². The summed E-state index contributed by atoms with van der Waals surface area (Å²) in [7, 11) is 1.47. The summed E-state index contributed by atoms with van der Waals surface area (Å²) in [5.74, 6) is -0.734. The molecular formula is C15H23ClN2O4. The number of carbonyl (C=O) groups is 2. The number of ether oxygens (including phenoxy) is 2. The van der Waals surface area contributed by atoms with Crippen molar-refractivity contribution in [2.75, 3.05) is 20.3 Å². The fourth-order valence-corrected chi connectivity index (χ4v) is 1.86. The van der Waals surface area contributed by atoms with Crippen molar-refractivity contribution in [1.82, 2.24) is 5.32 Å². The number of halogens is 1. The number of hydrogen-bond donors (Lipinski definition) is 2. The van der Waals surface area contributed by atoms with E-state index in [4.69, 9.17) is 15.2 Å². The molecule has 22 heavy (non-hydrogen) atoms. The van der Waals surface area contributed by atoms with Gasteiger partial charge >= 0.3 is 5.97 Å². The topological polar surface area (TPSA) is 90.7 Å². The Kier molecular flexibility index (Phi) is 10.2. The number of benzene rings is 1. The average Bonchev–Trinajstić information content (AvgIpc) is 2.48. The van der Waals surface area contributed by atoms with Gasteiger partial charge in [0.2, 0.25) is 5.91 Å². The molecule has 1 aromatic carbocycles. The Hall–Kier alpha value is -1.63. The Labute approximate surface area is 136 Å². The Bertz CT molecular complexity index is 456. The minimum absolute atomic E-state index is 0. The van der Waals surface area contributed by atoms with Gasteiger partial charge in [0.25, 0.3) is 0 Å². The zero-order chi connectivity index (χ0) is 15.7. The second kappa shape index (κ2) is 11.0. The fraction of sp³-hybridized carbons (Fsp3) is 0.467. The molecule has 2 unspecified atom stereocenters. The maximum absolute atomic E-state index is 12.0. The van der Waals surface area contributed by atoms with Crippen molar-refractivity contribution in [3.05, 3.63) is 35.9 Å². The quantitative estimate of drug-likeness (QED) is 0.699. The predicted molar refractivity (Wildman–Crippen MR) is 85.7 cm³/mol. The average molecular weight is 331 g/mol. The molecule has 3 N–H and O–H groups in total. The Morgan fingerprint density at radius 3 is 2.45 bits per heavy atom. The lowest BCUT2D eigenvalue weighted by molar-refractivity contribution is -0.143. The van der Waals surface area contributed by atoms with Gasteiger partial charge in [0.05, 0.1) is 25.7 Å². The molecule has 0 bridgehead atoms. The molecule has 0 radical (unpaired) electrons. The highest BCUT2D eigenvalue weighted by molar-refractivity contribution is 5.85. The van der Waals surface area contributed by atoms with Gasteiger partial charge in [-0.25, -0.2) is 0 Å². The molecular weight excluding hydrogens is 308 g/mol. The molecule has 0 aliphatic carbocycles. The van der Waals surface area contributed by atoms with Crippen LogP contribution in [0, 0.1) is 0 Å². The predicted octanol–water partition coefficient (Wildman–Crippen LogP) is 1.19. The zero-order valence-electron chi connectivity index (χ0n) is 12.8. The maximum Gasteiger partial charge on any atom is 0.308 e. The van der Waals surface area contributed by atoms with Crippen molar-refractivity contribution in [3.8, 4) is 0 Å². The third-order valence-corrected chi connectivity index (χ3v) is 2.88. The molecule has 0 spiro atoms. The second-order valence-corrected chi connectivity index (χ2v) is 4.54.